The number of nitrogens with zero attached hydrogens (tertiary/aromatic N) is 1. The molecule has 2 aliphatic heterocycles. The van der Waals surface area contributed by atoms with Gasteiger partial charge < -0.3 is 14.7 Å². The van der Waals surface area contributed by atoms with E-state index in [0.29, 0.717) is 13.0 Å². The van der Waals surface area contributed by atoms with Crippen LogP contribution in [0.25, 0.3) is 0 Å². The summed E-state index contributed by atoms with van der Waals surface area (Å²) in [4.78, 5) is 15.2. The fraction of sp³-hybridized carbons (Fsp3) is 0.222. The van der Waals surface area contributed by atoms with Gasteiger partial charge in [0.15, 0.2) is 5.70 Å². The molecule has 0 amide bonds. The average Bonchev–Trinajstić information content (AvgIpc) is 3.22. The van der Waals surface area contributed by atoms with Crippen LogP contribution >= 0.6 is 0 Å². The van der Waals surface area contributed by atoms with E-state index in [9.17, 15) is 9.90 Å². The van der Waals surface area contributed by atoms with Gasteiger partial charge in [-0.05, 0) is 42.0 Å². The molecule has 4 nitrogen and oxygen atoms in total. The van der Waals surface area contributed by atoms with E-state index in [0.717, 1.165) is 24.1 Å². The van der Waals surface area contributed by atoms with Crippen molar-refractivity contribution in [2.24, 2.45) is 0 Å². The maximum Gasteiger partial charge on any atom is 0.359 e. The highest BCUT2D eigenvalue weighted by Crippen LogP contribution is 2.43. The summed E-state index contributed by atoms with van der Waals surface area (Å²) in [6.45, 7) is 0.663. The van der Waals surface area contributed by atoms with Crippen LogP contribution in [0.2, 0.25) is 0 Å². The summed E-state index contributed by atoms with van der Waals surface area (Å²) in [5.41, 5.74) is 3.62. The van der Waals surface area contributed by atoms with E-state index >= 15 is 0 Å². The number of rotatable bonds is 5. The van der Waals surface area contributed by atoms with Crippen molar-refractivity contribution in [3.63, 3.8) is 0 Å². The van der Waals surface area contributed by atoms with Crippen molar-refractivity contribution in [3.8, 4) is 0 Å². The van der Waals surface area contributed by atoms with Gasteiger partial charge in [-0.2, -0.15) is 0 Å². The molecule has 0 radical (unpaired) electrons. The second-order valence-electron chi connectivity index (χ2n) is 8.24. The minimum atomic E-state index is -0.888. The first-order valence-electron chi connectivity index (χ1n) is 10.8. The Morgan fingerprint density at radius 2 is 1.58 bits per heavy atom. The van der Waals surface area contributed by atoms with Crippen LogP contribution in [-0.4, -0.2) is 17.6 Å². The Kier molecular flexibility index (Phi) is 4.99. The van der Waals surface area contributed by atoms with Crippen LogP contribution in [0.3, 0.4) is 0 Å². The third kappa shape index (κ3) is 3.59. The number of cyclic esters (lactones) is 1. The lowest BCUT2D eigenvalue weighted by molar-refractivity contribution is -0.161. The van der Waals surface area contributed by atoms with Crippen molar-refractivity contribution in [3.05, 3.63) is 113 Å². The first-order valence-corrected chi connectivity index (χ1v) is 10.8. The molecule has 0 saturated heterocycles. The number of anilines is 1. The summed E-state index contributed by atoms with van der Waals surface area (Å²) in [6.07, 6.45) is 2.46. The summed E-state index contributed by atoms with van der Waals surface area (Å²) < 4.78 is 6.19. The zero-order valence-corrected chi connectivity index (χ0v) is 17.3. The van der Waals surface area contributed by atoms with Crippen LogP contribution in [0.5, 0.6) is 0 Å². The van der Waals surface area contributed by atoms with Crippen LogP contribution in [0, 0.1) is 0 Å². The van der Waals surface area contributed by atoms with Gasteiger partial charge in [0.05, 0.1) is 6.42 Å². The Morgan fingerprint density at radius 1 is 0.903 bits per heavy atom. The molecule has 0 aromatic heterocycles. The highest BCUT2D eigenvalue weighted by molar-refractivity contribution is 5.95. The van der Waals surface area contributed by atoms with Crippen LogP contribution in [0.4, 0.5) is 5.69 Å². The minimum absolute atomic E-state index is 0.102. The molecule has 1 N–H and O–H groups in total. The predicted molar refractivity (Wildman–Crippen MR) is 121 cm³/mol. The molecule has 0 saturated carbocycles. The Labute approximate surface area is 182 Å². The van der Waals surface area contributed by atoms with Gasteiger partial charge in [0.2, 0.25) is 0 Å². The van der Waals surface area contributed by atoms with E-state index in [1.165, 1.54) is 11.1 Å². The fourth-order valence-corrected chi connectivity index (χ4v) is 4.75. The number of benzene rings is 3. The van der Waals surface area contributed by atoms with Crippen molar-refractivity contribution in [2.75, 3.05) is 11.4 Å². The number of carbonyl (C=O) groups is 1. The molecule has 1 unspecified atom stereocenters. The largest absolute Gasteiger partial charge is 0.510 e. The fourth-order valence-electron chi connectivity index (χ4n) is 4.75. The van der Waals surface area contributed by atoms with Gasteiger partial charge in [-0.1, -0.05) is 78.9 Å². The quantitative estimate of drug-likeness (QED) is 0.579. The Hall–Kier alpha value is -3.53. The topological polar surface area (TPSA) is 49.8 Å². The second kappa shape index (κ2) is 7.95. The molecule has 2 aliphatic rings. The number of para-hydroxylation sites is 1. The first-order chi connectivity index (χ1) is 15.2. The van der Waals surface area contributed by atoms with Crippen LogP contribution in [0.1, 0.15) is 29.5 Å². The number of aryl methyl sites for hydroxylation is 1. The Bertz CT molecular complexity index is 1120. The lowest BCUT2D eigenvalue weighted by atomic mass is 9.82. The molecule has 0 aliphatic carbocycles. The highest BCUT2D eigenvalue weighted by atomic mass is 16.6. The summed E-state index contributed by atoms with van der Waals surface area (Å²) in [5.74, 6) is -0.359. The lowest BCUT2D eigenvalue weighted by Gasteiger charge is -2.39. The summed E-state index contributed by atoms with van der Waals surface area (Å²) in [5, 5.41) is 11.2. The molecule has 156 valence electrons. The van der Waals surface area contributed by atoms with Crippen LogP contribution in [0.15, 0.2) is 96.4 Å². The molecular weight excluding hydrogens is 386 g/mol. The van der Waals surface area contributed by atoms with E-state index in [2.05, 4.69) is 18.2 Å². The summed E-state index contributed by atoms with van der Waals surface area (Å²) in [6, 6.07) is 28.0. The number of carbonyl (C=O) groups excluding carboxylic acids is 1. The molecule has 3 aromatic carbocycles. The predicted octanol–water partition coefficient (Wildman–Crippen LogP) is 5.29. The first kappa shape index (κ1) is 19.4. The van der Waals surface area contributed by atoms with Gasteiger partial charge in [-0.3, -0.25) is 0 Å². The zero-order chi connectivity index (χ0) is 21.3. The van der Waals surface area contributed by atoms with Crippen molar-refractivity contribution in [2.45, 2.75) is 31.3 Å². The standard InChI is InChI=1S/C27H25NO3/c29-24-19-27(22-12-5-2-6-13-22,17-15-20-9-3-1-4-10-20)31-26(30)25(24)28-18-16-21-11-7-8-14-23(21)28/h1-14,29H,15-19H2. The molecule has 1 atom stereocenters. The van der Waals surface area contributed by atoms with Crippen LogP contribution in [-0.2, 0) is 28.0 Å². The van der Waals surface area contributed by atoms with Gasteiger partial charge in [-0.25, -0.2) is 4.79 Å². The number of hydrogen-bond donors (Lipinski definition) is 1. The van der Waals surface area contributed by atoms with E-state index in [4.69, 9.17) is 4.74 Å². The molecule has 4 heteroatoms. The van der Waals surface area contributed by atoms with Gasteiger partial charge in [-0.15, -0.1) is 0 Å². The number of fused-ring (bicyclic) bond motifs is 1. The maximum atomic E-state index is 13.3. The zero-order valence-electron chi connectivity index (χ0n) is 17.3. The molecule has 3 aromatic rings. The van der Waals surface area contributed by atoms with Gasteiger partial charge in [0, 0.05) is 12.2 Å². The SMILES string of the molecule is O=C1OC(CCc2ccccc2)(c2ccccc2)CC(O)=C1N1CCc2ccccc21. The monoisotopic (exact) mass is 411 g/mol. The van der Waals surface area contributed by atoms with E-state index in [1.54, 1.807) is 0 Å². The number of hydrogen-bond acceptors (Lipinski definition) is 4. The number of ether oxygens (including phenoxy) is 1. The second-order valence-corrected chi connectivity index (χ2v) is 8.24. The average molecular weight is 412 g/mol. The summed E-state index contributed by atoms with van der Waals surface area (Å²) in [7, 11) is 0. The van der Waals surface area contributed by atoms with Crippen molar-refractivity contribution < 1.29 is 14.6 Å². The van der Waals surface area contributed by atoms with E-state index in [-0.39, 0.29) is 17.9 Å². The Balaban J connectivity index is 1.50. The van der Waals surface area contributed by atoms with Gasteiger partial charge >= 0.3 is 5.97 Å². The third-order valence-corrected chi connectivity index (χ3v) is 6.33. The molecule has 5 rings (SSSR count). The molecule has 2 heterocycles. The molecule has 0 bridgehead atoms. The van der Waals surface area contributed by atoms with E-state index < -0.39 is 11.6 Å². The Morgan fingerprint density at radius 3 is 2.32 bits per heavy atom. The summed E-state index contributed by atoms with van der Waals surface area (Å²) >= 11 is 0. The number of aliphatic hydroxyl groups is 1. The highest BCUT2D eigenvalue weighted by Gasteiger charge is 2.45. The van der Waals surface area contributed by atoms with Crippen molar-refractivity contribution >= 4 is 11.7 Å². The lowest BCUT2D eigenvalue weighted by Crippen LogP contribution is -2.42. The van der Waals surface area contributed by atoms with Gasteiger partial charge in [0.1, 0.15) is 11.4 Å². The van der Waals surface area contributed by atoms with E-state index in [1.807, 2.05) is 71.6 Å². The number of aliphatic hydroxyl groups excluding tert-OH is 1. The minimum Gasteiger partial charge on any atom is -0.510 e. The smallest absolute Gasteiger partial charge is 0.359 e. The molecule has 0 fully saturated rings. The van der Waals surface area contributed by atoms with Crippen molar-refractivity contribution in [1.29, 1.82) is 0 Å². The molecule has 0 spiro atoms. The third-order valence-electron chi connectivity index (χ3n) is 6.33. The van der Waals surface area contributed by atoms with Gasteiger partial charge in [0.25, 0.3) is 0 Å². The molecular formula is C27H25NO3. The van der Waals surface area contributed by atoms with Crippen LogP contribution < -0.4 is 4.90 Å². The molecule has 31 heavy (non-hydrogen) atoms. The number of esters is 1. The normalized spacial score (nSPS) is 20.5. The maximum absolute atomic E-state index is 13.3. The van der Waals surface area contributed by atoms with Crippen molar-refractivity contribution in [1.82, 2.24) is 0 Å².